The predicted molar refractivity (Wildman–Crippen MR) is 104 cm³/mol. The lowest BCUT2D eigenvalue weighted by molar-refractivity contribution is -0.192. The van der Waals surface area contributed by atoms with Gasteiger partial charge in [0.15, 0.2) is 0 Å². The number of nitrogens with one attached hydrogen (secondary N) is 1. The van der Waals surface area contributed by atoms with Gasteiger partial charge in [-0.05, 0) is 18.4 Å². The van der Waals surface area contributed by atoms with E-state index in [1.165, 1.54) is 0 Å². The highest BCUT2D eigenvalue weighted by Crippen LogP contribution is 2.26. The average molecular weight is 461 g/mol. The highest BCUT2D eigenvalue weighted by Gasteiger charge is 2.38. The monoisotopic (exact) mass is 461 g/mol. The molecule has 3 aromatic rings. The van der Waals surface area contributed by atoms with E-state index in [9.17, 15) is 13.2 Å². The number of thiazole rings is 1. The molecule has 8 nitrogen and oxygen atoms in total. The summed E-state index contributed by atoms with van der Waals surface area (Å²) >= 11 is 3.35. The van der Waals surface area contributed by atoms with Crippen LogP contribution in [0.4, 0.5) is 13.2 Å². The Morgan fingerprint density at radius 2 is 2.20 bits per heavy atom. The van der Waals surface area contributed by atoms with Crippen LogP contribution >= 0.6 is 22.7 Å². The van der Waals surface area contributed by atoms with Crippen molar-refractivity contribution in [2.45, 2.75) is 38.9 Å². The summed E-state index contributed by atoms with van der Waals surface area (Å²) < 4.78 is 39.7. The molecule has 4 heterocycles. The van der Waals surface area contributed by atoms with Crippen molar-refractivity contribution in [2.75, 3.05) is 6.54 Å². The minimum Gasteiger partial charge on any atom is -0.475 e. The summed E-state index contributed by atoms with van der Waals surface area (Å²) in [5, 5.41) is 26.5. The highest BCUT2D eigenvalue weighted by molar-refractivity contribution is 7.09. The van der Waals surface area contributed by atoms with Crippen molar-refractivity contribution in [3.05, 3.63) is 38.6 Å². The van der Waals surface area contributed by atoms with Crippen LogP contribution in [-0.2, 0) is 29.2 Å². The molecule has 4 rings (SSSR count). The topological polar surface area (TPSA) is 102 Å². The van der Waals surface area contributed by atoms with Crippen molar-refractivity contribution in [3.8, 4) is 11.3 Å². The molecule has 1 unspecified atom stereocenters. The number of alkyl halides is 3. The van der Waals surface area contributed by atoms with Gasteiger partial charge in [0.1, 0.15) is 5.69 Å². The molecule has 2 N–H and O–H groups in total. The summed E-state index contributed by atoms with van der Waals surface area (Å²) in [6, 6.07) is 2.07. The third kappa shape index (κ3) is 5.84. The largest absolute Gasteiger partial charge is 0.490 e. The number of hydrogen-bond donors (Lipinski definition) is 2. The van der Waals surface area contributed by atoms with Gasteiger partial charge in [0.25, 0.3) is 0 Å². The van der Waals surface area contributed by atoms with E-state index in [1.54, 1.807) is 22.7 Å². The SMILES string of the molecule is Cc1nc(CNCC2Cn3nnc(-c4ccsc4)c3CO2)cs1.O=C(O)C(F)(F)F. The van der Waals surface area contributed by atoms with Crippen molar-refractivity contribution in [3.63, 3.8) is 0 Å². The van der Waals surface area contributed by atoms with Crippen LogP contribution in [0.2, 0.25) is 0 Å². The third-order valence-corrected chi connectivity index (χ3v) is 5.56. The number of carboxylic acid groups (broad SMARTS) is 1. The summed E-state index contributed by atoms with van der Waals surface area (Å²) in [5.41, 5.74) is 4.21. The summed E-state index contributed by atoms with van der Waals surface area (Å²) in [4.78, 5) is 13.3. The average Bonchev–Trinajstić information content (AvgIpc) is 3.41. The van der Waals surface area contributed by atoms with Gasteiger partial charge in [0.05, 0.1) is 35.7 Å². The zero-order valence-corrected chi connectivity index (χ0v) is 17.4. The number of hydrogen-bond acceptors (Lipinski definition) is 8. The second-order valence-corrected chi connectivity index (χ2v) is 8.15. The molecule has 0 radical (unpaired) electrons. The van der Waals surface area contributed by atoms with Crippen LogP contribution in [0.5, 0.6) is 0 Å². The number of halogens is 3. The summed E-state index contributed by atoms with van der Waals surface area (Å²) in [7, 11) is 0. The van der Waals surface area contributed by atoms with E-state index in [2.05, 4.69) is 42.8 Å². The van der Waals surface area contributed by atoms with E-state index in [-0.39, 0.29) is 6.10 Å². The van der Waals surface area contributed by atoms with E-state index in [4.69, 9.17) is 14.6 Å². The van der Waals surface area contributed by atoms with Gasteiger partial charge in [-0.15, -0.1) is 16.4 Å². The first-order chi connectivity index (χ1) is 14.2. The Balaban J connectivity index is 0.000000318. The fourth-order valence-electron chi connectivity index (χ4n) is 2.66. The number of aryl methyl sites for hydroxylation is 1. The Bertz CT molecular complexity index is 972. The standard InChI is InChI=1S/C15H17N5OS2.C2HF3O2/c1-10-17-12(9-23-10)4-16-5-13-6-20-14(7-21-13)15(18-19-20)11-2-3-22-8-11;3-2(4,5)1(6)7/h2-3,8-9,13,16H,4-7H2,1H3;(H,6,7). The van der Waals surface area contributed by atoms with Gasteiger partial charge in [-0.25, -0.2) is 14.5 Å². The molecular formula is C17H18F3N5O3S2. The Kier molecular flexibility index (Phi) is 7.18. The molecule has 0 saturated carbocycles. The molecule has 0 bridgehead atoms. The summed E-state index contributed by atoms with van der Waals surface area (Å²) in [6.07, 6.45) is -4.97. The van der Waals surface area contributed by atoms with Crippen LogP contribution in [0.25, 0.3) is 11.3 Å². The maximum Gasteiger partial charge on any atom is 0.490 e. The van der Waals surface area contributed by atoms with Gasteiger partial charge in [0.2, 0.25) is 0 Å². The van der Waals surface area contributed by atoms with Gasteiger partial charge in [-0.2, -0.15) is 24.5 Å². The van der Waals surface area contributed by atoms with Crippen LogP contribution in [0, 0.1) is 6.92 Å². The zero-order chi connectivity index (χ0) is 21.7. The molecule has 1 atom stereocenters. The molecule has 3 aromatic heterocycles. The number of aliphatic carboxylic acids is 1. The maximum absolute atomic E-state index is 10.6. The van der Waals surface area contributed by atoms with Crippen molar-refractivity contribution < 1.29 is 27.8 Å². The quantitative estimate of drug-likeness (QED) is 0.602. The van der Waals surface area contributed by atoms with Gasteiger partial charge in [-0.1, -0.05) is 5.21 Å². The molecule has 0 saturated heterocycles. The molecule has 1 aliphatic rings. The van der Waals surface area contributed by atoms with Crippen molar-refractivity contribution in [2.24, 2.45) is 0 Å². The molecule has 162 valence electrons. The first kappa shape index (κ1) is 22.3. The molecular weight excluding hydrogens is 443 g/mol. The fourth-order valence-corrected chi connectivity index (χ4v) is 3.92. The molecule has 0 aromatic carbocycles. The number of rotatable bonds is 5. The minimum atomic E-state index is -5.08. The minimum absolute atomic E-state index is 0.110. The number of ether oxygens (including phenoxy) is 1. The number of fused-ring (bicyclic) bond motifs is 1. The van der Waals surface area contributed by atoms with Crippen LogP contribution in [0.15, 0.2) is 22.2 Å². The van der Waals surface area contributed by atoms with E-state index < -0.39 is 12.1 Å². The van der Waals surface area contributed by atoms with E-state index in [1.807, 2.05) is 11.6 Å². The second kappa shape index (κ2) is 9.64. The first-order valence-corrected chi connectivity index (χ1v) is 10.5. The number of nitrogens with zero attached hydrogens (tertiary/aromatic N) is 4. The molecule has 0 spiro atoms. The van der Waals surface area contributed by atoms with Crippen LogP contribution < -0.4 is 5.32 Å². The Labute approximate surface area is 177 Å². The molecule has 0 aliphatic carbocycles. The number of thiophene rings is 1. The van der Waals surface area contributed by atoms with Gasteiger partial charge < -0.3 is 15.2 Å². The first-order valence-electron chi connectivity index (χ1n) is 8.72. The third-order valence-electron chi connectivity index (χ3n) is 4.05. The van der Waals surface area contributed by atoms with Crippen molar-refractivity contribution >= 4 is 28.6 Å². The van der Waals surface area contributed by atoms with Crippen molar-refractivity contribution in [1.82, 2.24) is 25.3 Å². The van der Waals surface area contributed by atoms with Gasteiger partial charge >= 0.3 is 12.1 Å². The van der Waals surface area contributed by atoms with Gasteiger partial charge in [0, 0.05) is 29.4 Å². The van der Waals surface area contributed by atoms with Crippen molar-refractivity contribution in [1.29, 1.82) is 0 Å². The Morgan fingerprint density at radius 1 is 1.43 bits per heavy atom. The van der Waals surface area contributed by atoms with Gasteiger partial charge in [-0.3, -0.25) is 0 Å². The molecule has 0 fully saturated rings. The maximum atomic E-state index is 10.6. The fraction of sp³-hybridized carbons (Fsp3) is 0.412. The lowest BCUT2D eigenvalue weighted by Crippen LogP contribution is -2.36. The number of carbonyl (C=O) groups is 1. The summed E-state index contributed by atoms with van der Waals surface area (Å²) in [6.45, 7) is 4.86. The highest BCUT2D eigenvalue weighted by atomic mass is 32.1. The Hall–Kier alpha value is -2.35. The predicted octanol–water partition coefficient (Wildman–Crippen LogP) is 3.09. The van der Waals surface area contributed by atoms with E-state index in [0.717, 1.165) is 47.3 Å². The zero-order valence-electron chi connectivity index (χ0n) is 15.7. The summed E-state index contributed by atoms with van der Waals surface area (Å²) in [5.74, 6) is -2.76. The van der Waals surface area contributed by atoms with Crippen LogP contribution in [-0.4, -0.2) is 49.9 Å². The number of aromatic nitrogens is 4. The molecule has 13 heteroatoms. The van der Waals surface area contributed by atoms with E-state index >= 15 is 0 Å². The normalized spacial score (nSPS) is 15.9. The Morgan fingerprint density at radius 3 is 2.80 bits per heavy atom. The molecule has 30 heavy (non-hydrogen) atoms. The van der Waals surface area contributed by atoms with Crippen LogP contribution in [0.3, 0.4) is 0 Å². The lowest BCUT2D eigenvalue weighted by Gasteiger charge is -2.24. The molecule has 0 amide bonds. The smallest absolute Gasteiger partial charge is 0.475 e. The second-order valence-electron chi connectivity index (χ2n) is 6.30. The van der Waals surface area contributed by atoms with E-state index in [0.29, 0.717) is 6.61 Å². The van der Waals surface area contributed by atoms with Crippen LogP contribution in [0.1, 0.15) is 16.4 Å². The lowest BCUT2D eigenvalue weighted by atomic mass is 10.2. The molecule has 1 aliphatic heterocycles. The number of carboxylic acids is 1.